The molecule has 1 atom stereocenters. The first-order valence-corrected chi connectivity index (χ1v) is 7.62. The Morgan fingerprint density at radius 2 is 2.12 bits per heavy atom. The van der Waals surface area contributed by atoms with E-state index < -0.39 is 0 Å². The van der Waals surface area contributed by atoms with E-state index in [9.17, 15) is 0 Å². The summed E-state index contributed by atoms with van der Waals surface area (Å²) >= 11 is 2.09. The van der Waals surface area contributed by atoms with Gasteiger partial charge in [-0.2, -0.15) is 11.8 Å². The van der Waals surface area contributed by atoms with Crippen molar-refractivity contribution in [1.82, 2.24) is 9.55 Å². The van der Waals surface area contributed by atoms with Crippen LogP contribution in [0.1, 0.15) is 43.6 Å². The molecule has 0 amide bonds. The Morgan fingerprint density at radius 1 is 1.31 bits per heavy atom. The third-order valence-electron chi connectivity index (χ3n) is 3.91. The van der Waals surface area contributed by atoms with Crippen molar-refractivity contribution >= 4 is 11.8 Å². The van der Waals surface area contributed by atoms with E-state index >= 15 is 0 Å². The van der Waals surface area contributed by atoms with E-state index in [4.69, 9.17) is 4.98 Å². The molecule has 2 aliphatic rings. The second-order valence-corrected chi connectivity index (χ2v) is 6.48. The van der Waals surface area contributed by atoms with Gasteiger partial charge >= 0.3 is 0 Å². The summed E-state index contributed by atoms with van der Waals surface area (Å²) in [6.07, 6.45) is 7.50. The molecular formula is C13H20N2S. The van der Waals surface area contributed by atoms with Crippen molar-refractivity contribution in [3.63, 3.8) is 0 Å². The molecule has 0 radical (unpaired) electrons. The van der Waals surface area contributed by atoms with Crippen molar-refractivity contribution in [2.24, 2.45) is 5.92 Å². The number of hydrogen-bond acceptors (Lipinski definition) is 2. The number of hydrogen-bond donors (Lipinski definition) is 0. The van der Waals surface area contributed by atoms with Crippen LogP contribution in [0.3, 0.4) is 0 Å². The molecule has 3 heterocycles. The Bertz CT molecular complexity index is 366. The van der Waals surface area contributed by atoms with Crippen molar-refractivity contribution in [3.8, 4) is 0 Å². The number of rotatable bonds is 1. The van der Waals surface area contributed by atoms with E-state index in [1.807, 2.05) is 0 Å². The minimum absolute atomic E-state index is 0.745. The van der Waals surface area contributed by atoms with E-state index in [-0.39, 0.29) is 0 Å². The minimum Gasteiger partial charge on any atom is -0.335 e. The summed E-state index contributed by atoms with van der Waals surface area (Å²) in [7, 11) is 0. The van der Waals surface area contributed by atoms with Crippen LogP contribution in [-0.2, 0) is 13.0 Å². The lowest BCUT2D eigenvalue weighted by atomic mass is 10.00. The van der Waals surface area contributed by atoms with Crippen LogP contribution in [0.25, 0.3) is 0 Å². The topological polar surface area (TPSA) is 17.8 Å². The summed E-state index contributed by atoms with van der Waals surface area (Å²) < 4.78 is 2.40. The van der Waals surface area contributed by atoms with Gasteiger partial charge in [-0.15, -0.1) is 0 Å². The van der Waals surface area contributed by atoms with E-state index in [0.29, 0.717) is 0 Å². The third-order valence-corrected chi connectivity index (χ3v) is 4.96. The first-order chi connectivity index (χ1) is 7.83. The molecule has 0 spiro atoms. The highest BCUT2D eigenvalue weighted by molar-refractivity contribution is 7.99. The number of imidazole rings is 1. The predicted molar refractivity (Wildman–Crippen MR) is 69.0 cm³/mol. The van der Waals surface area contributed by atoms with Crippen LogP contribution in [0.15, 0.2) is 6.20 Å². The highest BCUT2D eigenvalue weighted by atomic mass is 32.2. The van der Waals surface area contributed by atoms with Gasteiger partial charge in [-0.1, -0.05) is 6.92 Å². The maximum atomic E-state index is 4.88. The van der Waals surface area contributed by atoms with Crippen molar-refractivity contribution in [3.05, 3.63) is 17.7 Å². The molecule has 2 aliphatic heterocycles. The smallest absolute Gasteiger partial charge is 0.109 e. The molecule has 3 rings (SSSR count). The van der Waals surface area contributed by atoms with Gasteiger partial charge in [0.1, 0.15) is 5.82 Å². The Hall–Kier alpha value is -0.440. The monoisotopic (exact) mass is 236 g/mol. The molecular weight excluding hydrogens is 216 g/mol. The van der Waals surface area contributed by atoms with Crippen LogP contribution >= 0.6 is 11.8 Å². The zero-order chi connectivity index (χ0) is 11.0. The first-order valence-electron chi connectivity index (χ1n) is 6.46. The van der Waals surface area contributed by atoms with Crippen molar-refractivity contribution in [2.75, 3.05) is 11.5 Å². The van der Waals surface area contributed by atoms with E-state index in [2.05, 4.69) is 29.4 Å². The van der Waals surface area contributed by atoms with Gasteiger partial charge in [0.15, 0.2) is 0 Å². The number of nitrogens with zero attached hydrogens (tertiary/aromatic N) is 2. The number of fused-ring (bicyclic) bond motifs is 1. The molecule has 3 heteroatoms. The third kappa shape index (κ3) is 2.02. The molecule has 16 heavy (non-hydrogen) atoms. The van der Waals surface area contributed by atoms with Crippen molar-refractivity contribution in [1.29, 1.82) is 0 Å². The summed E-state index contributed by atoms with van der Waals surface area (Å²) in [5, 5.41) is 0. The predicted octanol–water partition coefficient (Wildman–Crippen LogP) is 3.08. The van der Waals surface area contributed by atoms with Gasteiger partial charge in [0.2, 0.25) is 0 Å². The molecule has 0 aliphatic carbocycles. The van der Waals surface area contributed by atoms with Crippen LogP contribution in [0.4, 0.5) is 0 Å². The fourth-order valence-electron chi connectivity index (χ4n) is 2.80. The Labute approximate surface area is 102 Å². The molecule has 88 valence electrons. The molecule has 1 unspecified atom stereocenters. The van der Waals surface area contributed by atoms with Gasteiger partial charge in [-0.05, 0) is 36.7 Å². The van der Waals surface area contributed by atoms with E-state index in [0.717, 1.165) is 11.8 Å². The summed E-state index contributed by atoms with van der Waals surface area (Å²) in [4.78, 5) is 4.88. The van der Waals surface area contributed by atoms with Crippen LogP contribution in [0, 0.1) is 5.92 Å². The highest BCUT2D eigenvalue weighted by Gasteiger charge is 2.22. The molecule has 0 saturated carbocycles. The van der Waals surface area contributed by atoms with Crippen LogP contribution in [0.2, 0.25) is 0 Å². The van der Waals surface area contributed by atoms with Gasteiger partial charge in [0, 0.05) is 25.1 Å². The van der Waals surface area contributed by atoms with Gasteiger partial charge in [-0.3, -0.25) is 0 Å². The quantitative estimate of drug-likeness (QED) is 0.746. The standard InChI is InChI=1S/C13H20N2S/c1-10-2-5-15-9-12(14-13(15)8-10)11-3-6-16-7-4-11/h9-11H,2-8H2,1H3. The average molecular weight is 236 g/mol. The normalized spacial score (nSPS) is 26.7. The van der Waals surface area contributed by atoms with Crippen molar-refractivity contribution in [2.45, 2.75) is 45.1 Å². The molecule has 1 fully saturated rings. The fraction of sp³-hybridized carbons (Fsp3) is 0.769. The second-order valence-electron chi connectivity index (χ2n) is 5.26. The SMILES string of the molecule is CC1CCn2cc(C3CCSCC3)nc2C1. The highest BCUT2D eigenvalue weighted by Crippen LogP contribution is 2.32. The van der Waals surface area contributed by atoms with Crippen LogP contribution in [0.5, 0.6) is 0 Å². The Kier molecular flexibility index (Phi) is 2.97. The maximum absolute atomic E-state index is 4.88. The molecule has 0 bridgehead atoms. The second kappa shape index (κ2) is 4.44. The lowest BCUT2D eigenvalue weighted by Gasteiger charge is -2.19. The summed E-state index contributed by atoms with van der Waals surface area (Å²) in [6, 6.07) is 0. The lowest BCUT2D eigenvalue weighted by molar-refractivity contribution is 0.409. The molecule has 1 aromatic heterocycles. The van der Waals surface area contributed by atoms with Gasteiger partial charge in [-0.25, -0.2) is 4.98 Å². The fourth-order valence-corrected chi connectivity index (χ4v) is 3.90. The zero-order valence-electron chi connectivity index (χ0n) is 9.98. The molecule has 1 aromatic rings. The minimum atomic E-state index is 0.745. The average Bonchev–Trinajstić information content (AvgIpc) is 2.73. The summed E-state index contributed by atoms with van der Waals surface area (Å²) in [5.41, 5.74) is 1.38. The summed E-state index contributed by atoms with van der Waals surface area (Å²) in [5.74, 6) is 5.55. The number of aromatic nitrogens is 2. The van der Waals surface area contributed by atoms with Gasteiger partial charge in [0.05, 0.1) is 5.69 Å². The first kappa shape index (κ1) is 10.7. The summed E-state index contributed by atoms with van der Waals surface area (Å²) in [6.45, 7) is 3.53. The van der Waals surface area contributed by atoms with Gasteiger partial charge in [0.25, 0.3) is 0 Å². The van der Waals surface area contributed by atoms with Crippen LogP contribution < -0.4 is 0 Å². The van der Waals surface area contributed by atoms with Gasteiger partial charge < -0.3 is 4.57 Å². The van der Waals surface area contributed by atoms with E-state index in [1.54, 1.807) is 0 Å². The molecule has 0 aromatic carbocycles. The Balaban J connectivity index is 1.80. The maximum Gasteiger partial charge on any atom is 0.109 e. The number of aryl methyl sites for hydroxylation is 1. The molecule has 1 saturated heterocycles. The zero-order valence-corrected chi connectivity index (χ0v) is 10.8. The van der Waals surface area contributed by atoms with E-state index in [1.165, 1.54) is 55.3 Å². The molecule has 2 nitrogen and oxygen atoms in total. The van der Waals surface area contributed by atoms with Crippen molar-refractivity contribution < 1.29 is 0 Å². The molecule has 0 N–H and O–H groups in total. The lowest BCUT2D eigenvalue weighted by Crippen LogP contribution is -2.16. The van der Waals surface area contributed by atoms with Crippen LogP contribution in [-0.4, -0.2) is 21.1 Å². The Morgan fingerprint density at radius 3 is 2.94 bits per heavy atom. The largest absolute Gasteiger partial charge is 0.335 e. The number of thioether (sulfide) groups is 1.